The van der Waals surface area contributed by atoms with Crippen molar-refractivity contribution in [1.82, 2.24) is 0 Å². The van der Waals surface area contributed by atoms with Gasteiger partial charge in [0.25, 0.3) is 10.1 Å². The average molecular weight is 199 g/mol. The van der Waals surface area contributed by atoms with Crippen molar-refractivity contribution < 1.29 is 12.6 Å². The van der Waals surface area contributed by atoms with Gasteiger partial charge in [-0.1, -0.05) is 18.2 Å². The first-order valence-corrected chi connectivity index (χ1v) is 5.25. The molecule has 0 saturated carbocycles. The van der Waals surface area contributed by atoms with Gasteiger partial charge in [0, 0.05) is 0 Å². The number of rotatable bonds is 3. The topological polar surface area (TPSA) is 43.4 Å². The van der Waals surface area contributed by atoms with E-state index < -0.39 is 10.1 Å². The van der Waals surface area contributed by atoms with E-state index >= 15 is 0 Å². The maximum absolute atomic E-state index is 11.4. The number of hydrogen-bond donors (Lipinski definition) is 0. The zero-order chi connectivity index (χ0) is 9.90. The normalized spacial score (nSPS) is 11.5. The summed E-state index contributed by atoms with van der Waals surface area (Å²) in [6.07, 6.45) is 0. The SMILES string of the molecule is C[CH]OS(=O)(=O)c1ccccc1C. The summed E-state index contributed by atoms with van der Waals surface area (Å²) in [6, 6.07) is 6.70. The Labute approximate surface area is 78.5 Å². The Morgan fingerprint density at radius 1 is 1.31 bits per heavy atom. The molecule has 3 nitrogen and oxygen atoms in total. The molecule has 0 amide bonds. The van der Waals surface area contributed by atoms with E-state index in [2.05, 4.69) is 4.18 Å². The molecule has 0 aliphatic carbocycles. The fourth-order valence-electron chi connectivity index (χ4n) is 1.02. The third-order valence-corrected chi connectivity index (χ3v) is 3.03. The molecular formula is C9H11O3S. The lowest BCUT2D eigenvalue weighted by atomic mass is 10.2. The van der Waals surface area contributed by atoms with E-state index in [0.29, 0.717) is 5.56 Å². The molecule has 0 bridgehead atoms. The summed E-state index contributed by atoms with van der Waals surface area (Å²) in [5.41, 5.74) is 0.685. The second-order valence-electron chi connectivity index (χ2n) is 2.55. The molecule has 0 spiro atoms. The fraction of sp³-hybridized carbons (Fsp3) is 0.222. The maximum atomic E-state index is 11.4. The molecule has 1 radical (unpaired) electrons. The van der Waals surface area contributed by atoms with Crippen LogP contribution in [0.4, 0.5) is 0 Å². The van der Waals surface area contributed by atoms with Gasteiger partial charge in [0.15, 0.2) is 0 Å². The molecule has 0 unspecified atom stereocenters. The van der Waals surface area contributed by atoms with E-state index in [0.717, 1.165) is 6.61 Å². The standard InChI is InChI=1S/C9H11O3S/c1-3-12-13(10,11)9-7-5-4-6-8(9)2/h3-7H,1-2H3. The van der Waals surface area contributed by atoms with E-state index in [9.17, 15) is 8.42 Å². The van der Waals surface area contributed by atoms with Crippen LogP contribution in [0.15, 0.2) is 29.2 Å². The first-order valence-electron chi connectivity index (χ1n) is 3.84. The number of aryl methyl sites for hydroxylation is 1. The minimum absolute atomic E-state index is 0.216. The Bertz CT molecular complexity index is 382. The summed E-state index contributed by atoms with van der Waals surface area (Å²) < 4.78 is 27.3. The van der Waals surface area contributed by atoms with Crippen LogP contribution in [0.1, 0.15) is 12.5 Å². The molecule has 0 N–H and O–H groups in total. The van der Waals surface area contributed by atoms with E-state index in [4.69, 9.17) is 0 Å². The molecule has 0 fully saturated rings. The van der Waals surface area contributed by atoms with Gasteiger partial charge in [-0.3, -0.25) is 4.18 Å². The predicted octanol–water partition coefficient (Wildman–Crippen LogP) is 1.88. The van der Waals surface area contributed by atoms with Crippen LogP contribution in [-0.2, 0) is 14.3 Å². The lowest BCUT2D eigenvalue weighted by Crippen LogP contribution is -2.05. The smallest absolute Gasteiger partial charge is 0.261 e. The Morgan fingerprint density at radius 3 is 2.46 bits per heavy atom. The van der Waals surface area contributed by atoms with Crippen molar-refractivity contribution in [2.24, 2.45) is 0 Å². The predicted molar refractivity (Wildman–Crippen MR) is 49.4 cm³/mol. The second-order valence-corrected chi connectivity index (χ2v) is 4.09. The number of benzene rings is 1. The minimum Gasteiger partial charge on any atom is -0.261 e. The summed E-state index contributed by atoms with van der Waals surface area (Å²) in [5, 5.41) is 0. The van der Waals surface area contributed by atoms with Crippen molar-refractivity contribution in [2.75, 3.05) is 0 Å². The Hall–Kier alpha value is -0.870. The molecule has 0 aliphatic heterocycles. The van der Waals surface area contributed by atoms with Crippen LogP contribution in [-0.4, -0.2) is 8.42 Å². The van der Waals surface area contributed by atoms with Gasteiger partial charge in [0.2, 0.25) is 0 Å². The molecule has 0 atom stereocenters. The zero-order valence-corrected chi connectivity index (χ0v) is 8.34. The molecule has 1 aromatic carbocycles. The lowest BCUT2D eigenvalue weighted by Gasteiger charge is -2.05. The van der Waals surface area contributed by atoms with Gasteiger partial charge in [0.1, 0.15) is 6.61 Å². The fourth-order valence-corrected chi connectivity index (χ4v) is 2.08. The third kappa shape index (κ3) is 2.29. The first kappa shape index (κ1) is 10.2. The van der Waals surface area contributed by atoms with Gasteiger partial charge >= 0.3 is 0 Å². The highest BCUT2D eigenvalue weighted by Crippen LogP contribution is 2.16. The van der Waals surface area contributed by atoms with Crippen molar-refractivity contribution in [3.63, 3.8) is 0 Å². The molecule has 0 aliphatic rings. The van der Waals surface area contributed by atoms with Crippen LogP contribution in [0.5, 0.6) is 0 Å². The third-order valence-electron chi connectivity index (χ3n) is 1.59. The van der Waals surface area contributed by atoms with Gasteiger partial charge in [-0.25, -0.2) is 0 Å². The van der Waals surface area contributed by atoms with Crippen molar-refractivity contribution in [3.05, 3.63) is 36.4 Å². The molecule has 0 saturated heterocycles. The highest BCUT2D eigenvalue weighted by atomic mass is 32.2. The molecule has 4 heteroatoms. The van der Waals surface area contributed by atoms with E-state index in [1.54, 1.807) is 25.1 Å². The molecule has 71 valence electrons. The van der Waals surface area contributed by atoms with Crippen LogP contribution in [0.3, 0.4) is 0 Å². The van der Waals surface area contributed by atoms with E-state index in [1.807, 2.05) is 0 Å². The van der Waals surface area contributed by atoms with Crippen LogP contribution in [0, 0.1) is 13.5 Å². The van der Waals surface area contributed by atoms with Crippen molar-refractivity contribution >= 4 is 10.1 Å². The van der Waals surface area contributed by atoms with E-state index in [-0.39, 0.29) is 4.90 Å². The Kier molecular flexibility index (Phi) is 3.06. The van der Waals surface area contributed by atoms with Gasteiger partial charge in [-0.15, -0.1) is 0 Å². The summed E-state index contributed by atoms with van der Waals surface area (Å²) >= 11 is 0. The van der Waals surface area contributed by atoms with Crippen LogP contribution in [0.25, 0.3) is 0 Å². The molecule has 1 rings (SSSR count). The summed E-state index contributed by atoms with van der Waals surface area (Å²) in [7, 11) is -3.60. The Morgan fingerprint density at radius 2 is 1.92 bits per heavy atom. The van der Waals surface area contributed by atoms with Gasteiger partial charge < -0.3 is 0 Å². The minimum atomic E-state index is -3.60. The number of hydrogen-bond acceptors (Lipinski definition) is 3. The molecular weight excluding hydrogens is 188 g/mol. The van der Waals surface area contributed by atoms with Crippen LogP contribution < -0.4 is 0 Å². The zero-order valence-electron chi connectivity index (χ0n) is 7.52. The van der Waals surface area contributed by atoms with Crippen molar-refractivity contribution in [1.29, 1.82) is 0 Å². The lowest BCUT2D eigenvalue weighted by molar-refractivity contribution is 0.399. The maximum Gasteiger partial charge on any atom is 0.297 e. The van der Waals surface area contributed by atoms with Crippen molar-refractivity contribution in [2.45, 2.75) is 18.7 Å². The van der Waals surface area contributed by atoms with Gasteiger partial charge in [0.05, 0.1) is 4.90 Å². The first-order chi connectivity index (χ1) is 6.08. The highest BCUT2D eigenvalue weighted by Gasteiger charge is 2.15. The average Bonchev–Trinajstić information content (AvgIpc) is 2.04. The highest BCUT2D eigenvalue weighted by molar-refractivity contribution is 7.86. The molecule has 0 heterocycles. The van der Waals surface area contributed by atoms with Gasteiger partial charge in [-0.05, 0) is 25.5 Å². The summed E-state index contributed by atoms with van der Waals surface area (Å²) in [4.78, 5) is 0.216. The molecule has 1 aromatic rings. The summed E-state index contributed by atoms with van der Waals surface area (Å²) in [5.74, 6) is 0. The second kappa shape index (κ2) is 3.89. The van der Waals surface area contributed by atoms with Crippen molar-refractivity contribution in [3.8, 4) is 0 Å². The quantitative estimate of drug-likeness (QED) is 0.698. The summed E-state index contributed by atoms with van der Waals surface area (Å²) in [6.45, 7) is 4.41. The molecule has 0 aromatic heterocycles. The Balaban J connectivity index is 3.15. The van der Waals surface area contributed by atoms with Gasteiger partial charge in [-0.2, -0.15) is 8.42 Å². The molecule has 13 heavy (non-hydrogen) atoms. The largest absolute Gasteiger partial charge is 0.297 e. The van der Waals surface area contributed by atoms with Crippen LogP contribution in [0.2, 0.25) is 0 Å². The van der Waals surface area contributed by atoms with E-state index in [1.165, 1.54) is 13.0 Å². The monoisotopic (exact) mass is 199 g/mol. The van der Waals surface area contributed by atoms with Crippen LogP contribution >= 0.6 is 0 Å².